The molecular weight excluding hydrogens is 236 g/mol. The first kappa shape index (κ1) is 14.4. The van der Waals surface area contributed by atoms with E-state index >= 15 is 0 Å². The van der Waals surface area contributed by atoms with Gasteiger partial charge in [-0.25, -0.2) is 0 Å². The van der Waals surface area contributed by atoms with E-state index in [-0.39, 0.29) is 0 Å². The normalized spacial score (nSPS) is 18.2. The second kappa shape index (κ2) is 6.92. The molecule has 1 aromatic carbocycles. The lowest BCUT2D eigenvalue weighted by Crippen LogP contribution is -2.44. The van der Waals surface area contributed by atoms with Gasteiger partial charge in [-0.3, -0.25) is 4.90 Å². The van der Waals surface area contributed by atoms with Gasteiger partial charge in [0.15, 0.2) is 0 Å². The Morgan fingerprint density at radius 1 is 1.26 bits per heavy atom. The summed E-state index contributed by atoms with van der Waals surface area (Å²) < 4.78 is 5.95. The van der Waals surface area contributed by atoms with Gasteiger partial charge in [0.25, 0.3) is 0 Å². The second-order valence-corrected chi connectivity index (χ2v) is 5.30. The van der Waals surface area contributed by atoms with Gasteiger partial charge in [0.2, 0.25) is 0 Å². The molecule has 0 aliphatic carbocycles. The quantitative estimate of drug-likeness (QED) is 0.856. The summed E-state index contributed by atoms with van der Waals surface area (Å²) in [5, 5.41) is 0. The van der Waals surface area contributed by atoms with Crippen LogP contribution in [0, 0.1) is 0 Å². The van der Waals surface area contributed by atoms with Gasteiger partial charge in [-0.1, -0.05) is 26.0 Å². The monoisotopic (exact) mass is 262 g/mol. The van der Waals surface area contributed by atoms with Crippen LogP contribution in [0.15, 0.2) is 18.2 Å². The molecule has 3 nitrogen and oxygen atoms in total. The van der Waals surface area contributed by atoms with Gasteiger partial charge in [0, 0.05) is 18.2 Å². The summed E-state index contributed by atoms with van der Waals surface area (Å²) in [6.45, 7) is 8.20. The molecule has 0 fully saturated rings. The summed E-state index contributed by atoms with van der Waals surface area (Å²) in [7, 11) is 0. The molecule has 3 heteroatoms. The highest BCUT2D eigenvalue weighted by atomic mass is 16.5. The van der Waals surface area contributed by atoms with Crippen molar-refractivity contribution in [2.45, 2.75) is 45.7 Å². The number of nitrogens with zero attached hydrogens (tertiary/aromatic N) is 1. The molecule has 1 unspecified atom stereocenters. The molecule has 0 saturated carbocycles. The maximum atomic E-state index is 5.95. The number of ether oxygens (including phenoxy) is 1. The molecule has 0 bridgehead atoms. The van der Waals surface area contributed by atoms with Crippen LogP contribution in [0.25, 0.3) is 0 Å². The SMILES string of the molecule is CCCN(CCC)C1COc2cccc(CN)c2C1. The topological polar surface area (TPSA) is 38.5 Å². The van der Waals surface area contributed by atoms with Crippen LogP contribution >= 0.6 is 0 Å². The lowest BCUT2D eigenvalue weighted by Gasteiger charge is -2.35. The predicted molar refractivity (Wildman–Crippen MR) is 79.5 cm³/mol. The molecule has 0 aromatic heterocycles. The molecule has 1 aromatic rings. The molecular formula is C16H26N2O. The summed E-state index contributed by atoms with van der Waals surface area (Å²) in [6, 6.07) is 6.72. The zero-order chi connectivity index (χ0) is 13.7. The third-order valence-corrected chi connectivity index (χ3v) is 3.86. The van der Waals surface area contributed by atoms with E-state index in [2.05, 4.69) is 30.9 Å². The van der Waals surface area contributed by atoms with E-state index in [9.17, 15) is 0 Å². The molecule has 0 spiro atoms. The van der Waals surface area contributed by atoms with Crippen molar-refractivity contribution in [3.8, 4) is 5.75 Å². The minimum atomic E-state index is 0.500. The minimum Gasteiger partial charge on any atom is -0.492 e. The van der Waals surface area contributed by atoms with Gasteiger partial charge in [-0.05, 0) is 44.0 Å². The Kier molecular flexibility index (Phi) is 5.23. The van der Waals surface area contributed by atoms with Crippen LogP contribution in [0.5, 0.6) is 5.75 Å². The molecule has 0 radical (unpaired) electrons. The Morgan fingerprint density at radius 2 is 2.00 bits per heavy atom. The van der Waals surface area contributed by atoms with Gasteiger partial charge in [-0.2, -0.15) is 0 Å². The van der Waals surface area contributed by atoms with Gasteiger partial charge in [0.05, 0.1) is 0 Å². The summed E-state index contributed by atoms with van der Waals surface area (Å²) in [6.07, 6.45) is 3.46. The fourth-order valence-electron chi connectivity index (χ4n) is 2.94. The highest BCUT2D eigenvalue weighted by molar-refractivity contribution is 5.42. The molecule has 2 N–H and O–H groups in total. The Balaban J connectivity index is 2.15. The van der Waals surface area contributed by atoms with Crippen LogP contribution in [0.1, 0.15) is 37.8 Å². The first-order valence-electron chi connectivity index (χ1n) is 7.47. The first-order valence-corrected chi connectivity index (χ1v) is 7.47. The third kappa shape index (κ3) is 3.28. The molecule has 2 rings (SSSR count). The van der Waals surface area contributed by atoms with Crippen molar-refractivity contribution in [2.75, 3.05) is 19.7 Å². The lowest BCUT2D eigenvalue weighted by molar-refractivity contribution is 0.119. The van der Waals surface area contributed by atoms with Gasteiger partial charge in [-0.15, -0.1) is 0 Å². The fraction of sp³-hybridized carbons (Fsp3) is 0.625. The summed E-state index contributed by atoms with van der Waals surface area (Å²) in [5.41, 5.74) is 8.39. The van der Waals surface area contributed by atoms with Crippen LogP contribution in [-0.2, 0) is 13.0 Å². The Morgan fingerprint density at radius 3 is 2.63 bits per heavy atom. The predicted octanol–water partition coefficient (Wildman–Crippen LogP) is 2.57. The molecule has 1 atom stereocenters. The second-order valence-electron chi connectivity index (χ2n) is 5.30. The van der Waals surface area contributed by atoms with Crippen molar-refractivity contribution in [2.24, 2.45) is 5.73 Å². The molecule has 0 saturated heterocycles. The van der Waals surface area contributed by atoms with Crippen molar-refractivity contribution in [1.82, 2.24) is 4.90 Å². The van der Waals surface area contributed by atoms with E-state index in [0.29, 0.717) is 12.6 Å². The maximum absolute atomic E-state index is 5.95. The number of rotatable bonds is 6. The number of hydrogen-bond acceptors (Lipinski definition) is 3. The minimum absolute atomic E-state index is 0.500. The van der Waals surface area contributed by atoms with Crippen molar-refractivity contribution < 1.29 is 4.74 Å². The summed E-state index contributed by atoms with van der Waals surface area (Å²) >= 11 is 0. The van der Waals surface area contributed by atoms with Crippen LogP contribution in [-0.4, -0.2) is 30.6 Å². The third-order valence-electron chi connectivity index (χ3n) is 3.86. The lowest BCUT2D eigenvalue weighted by atomic mass is 9.96. The van der Waals surface area contributed by atoms with Crippen LogP contribution in [0.2, 0.25) is 0 Å². The van der Waals surface area contributed by atoms with E-state index in [1.807, 2.05) is 6.07 Å². The Hall–Kier alpha value is -1.06. The highest BCUT2D eigenvalue weighted by Crippen LogP contribution is 2.29. The molecule has 1 aliphatic heterocycles. The Labute approximate surface area is 116 Å². The average Bonchev–Trinajstić information content (AvgIpc) is 2.46. The molecule has 19 heavy (non-hydrogen) atoms. The van der Waals surface area contributed by atoms with Gasteiger partial charge >= 0.3 is 0 Å². The molecule has 106 valence electrons. The van der Waals surface area contributed by atoms with E-state index in [1.165, 1.54) is 24.0 Å². The van der Waals surface area contributed by atoms with E-state index in [0.717, 1.165) is 31.9 Å². The number of benzene rings is 1. The zero-order valence-electron chi connectivity index (χ0n) is 12.2. The smallest absolute Gasteiger partial charge is 0.122 e. The molecule has 1 aliphatic rings. The van der Waals surface area contributed by atoms with Crippen LogP contribution in [0.4, 0.5) is 0 Å². The molecule has 0 amide bonds. The largest absolute Gasteiger partial charge is 0.492 e. The standard InChI is InChI=1S/C16H26N2O/c1-3-8-18(9-4-2)14-10-15-13(11-17)6-5-7-16(15)19-12-14/h5-7,14H,3-4,8-12,17H2,1-2H3. The van der Waals surface area contributed by atoms with Crippen molar-refractivity contribution in [3.05, 3.63) is 29.3 Å². The zero-order valence-corrected chi connectivity index (χ0v) is 12.2. The van der Waals surface area contributed by atoms with E-state index in [1.54, 1.807) is 0 Å². The van der Waals surface area contributed by atoms with Crippen LogP contribution in [0.3, 0.4) is 0 Å². The maximum Gasteiger partial charge on any atom is 0.122 e. The number of nitrogens with two attached hydrogens (primary N) is 1. The average molecular weight is 262 g/mol. The van der Waals surface area contributed by atoms with E-state index in [4.69, 9.17) is 10.5 Å². The fourth-order valence-corrected chi connectivity index (χ4v) is 2.94. The van der Waals surface area contributed by atoms with Crippen molar-refractivity contribution in [3.63, 3.8) is 0 Å². The summed E-state index contributed by atoms with van der Waals surface area (Å²) in [5.74, 6) is 1.03. The van der Waals surface area contributed by atoms with Gasteiger partial charge < -0.3 is 10.5 Å². The first-order chi connectivity index (χ1) is 9.30. The highest BCUT2D eigenvalue weighted by Gasteiger charge is 2.25. The van der Waals surface area contributed by atoms with Crippen molar-refractivity contribution >= 4 is 0 Å². The Bertz CT molecular complexity index is 385. The van der Waals surface area contributed by atoms with Crippen molar-refractivity contribution in [1.29, 1.82) is 0 Å². The molecule has 1 heterocycles. The van der Waals surface area contributed by atoms with E-state index < -0.39 is 0 Å². The number of fused-ring (bicyclic) bond motifs is 1. The number of hydrogen-bond donors (Lipinski definition) is 1. The van der Waals surface area contributed by atoms with Crippen LogP contribution < -0.4 is 10.5 Å². The van der Waals surface area contributed by atoms with Gasteiger partial charge in [0.1, 0.15) is 12.4 Å². The summed E-state index contributed by atoms with van der Waals surface area (Å²) in [4.78, 5) is 2.57.